The summed E-state index contributed by atoms with van der Waals surface area (Å²) in [6.07, 6.45) is -0.339. The molecule has 0 spiro atoms. The van der Waals surface area contributed by atoms with E-state index in [0.29, 0.717) is 11.3 Å². The van der Waals surface area contributed by atoms with Gasteiger partial charge in [0.1, 0.15) is 6.42 Å². The van der Waals surface area contributed by atoms with Crippen molar-refractivity contribution >= 4 is 32.4 Å². The lowest BCUT2D eigenvalue weighted by atomic mass is 10.1. The van der Waals surface area contributed by atoms with Gasteiger partial charge in [-0.05, 0) is 28.5 Å². The van der Waals surface area contributed by atoms with Crippen molar-refractivity contribution in [2.75, 3.05) is 6.54 Å². The van der Waals surface area contributed by atoms with Gasteiger partial charge in [-0.1, -0.05) is 60.7 Å². The third kappa shape index (κ3) is 5.25. The number of nitriles is 1. The summed E-state index contributed by atoms with van der Waals surface area (Å²) >= 11 is 0. The molecule has 0 saturated heterocycles. The molecule has 0 atom stereocenters. The van der Waals surface area contributed by atoms with Gasteiger partial charge in [-0.3, -0.25) is 4.79 Å². The van der Waals surface area contributed by atoms with Crippen LogP contribution in [0.5, 0.6) is 0 Å². The smallest absolute Gasteiger partial charge is 0.254 e. The Bertz CT molecular complexity index is 1200. The average molecular weight is 406 g/mol. The molecule has 0 aliphatic rings. The summed E-state index contributed by atoms with van der Waals surface area (Å²) in [5.74, 6) is -0.571. The molecule has 3 rings (SSSR count). The number of benzene rings is 3. The van der Waals surface area contributed by atoms with Gasteiger partial charge in [-0.15, -0.1) is 0 Å². The van der Waals surface area contributed by atoms with Crippen molar-refractivity contribution in [3.63, 3.8) is 0 Å². The Balaban J connectivity index is 1.82. The van der Waals surface area contributed by atoms with E-state index in [1.807, 2.05) is 30.3 Å². The lowest BCUT2D eigenvalue weighted by molar-refractivity contribution is -0.120. The van der Waals surface area contributed by atoms with Gasteiger partial charge in [-0.2, -0.15) is 10.4 Å². The Morgan fingerprint density at radius 3 is 2.38 bits per heavy atom. The van der Waals surface area contributed by atoms with Crippen molar-refractivity contribution in [1.82, 2.24) is 10.1 Å². The molecular weight excluding hydrogens is 388 g/mol. The number of amides is 1. The van der Waals surface area contributed by atoms with Gasteiger partial charge in [0.15, 0.2) is 0 Å². The van der Waals surface area contributed by atoms with Gasteiger partial charge in [-0.25, -0.2) is 18.6 Å². The molecule has 7 nitrogen and oxygen atoms in total. The predicted molar refractivity (Wildman–Crippen MR) is 110 cm³/mol. The molecular formula is C21H18N4O3S. The zero-order chi connectivity index (χ0) is 20.7. The molecule has 0 unspecified atom stereocenters. The van der Waals surface area contributed by atoms with Crippen molar-refractivity contribution < 1.29 is 13.2 Å². The third-order valence-corrected chi connectivity index (χ3v) is 5.52. The van der Waals surface area contributed by atoms with Gasteiger partial charge in [0.25, 0.3) is 5.91 Å². The van der Waals surface area contributed by atoms with E-state index in [0.717, 1.165) is 10.8 Å². The van der Waals surface area contributed by atoms with Crippen molar-refractivity contribution in [1.29, 1.82) is 5.26 Å². The first kappa shape index (κ1) is 20.2. The fourth-order valence-corrected chi connectivity index (χ4v) is 3.68. The van der Waals surface area contributed by atoms with E-state index in [9.17, 15) is 13.2 Å². The van der Waals surface area contributed by atoms with Crippen LogP contribution in [-0.4, -0.2) is 26.6 Å². The molecule has 1 amide bonds. The number of hydrogen-bond donors (Lipinski definition) is 2. The van der Waals surface area contributed by atoms with Crippen LogP contribution in [0.1, 0.15) is 12.0 Å². The van der Waals surface area contributed by atoms with E-state index in [4.69, 9.17) is 5.26 Å². The molecule has 0 aliphatic carbocycles. The van der Waals surface area contributed by atoms with Crippen molar-refractivity contribution in [3.8, 4) is 6.07 Å². The fraction of sp³-hybridized carbons (Fsp3) is 0.0952. The maximum Gasteiger partial charge on any atom is 0.254 e. The molecule has 146 valence electrons. The standard InChI is InChI=1S/C21H18N4O3S/c22-13-12-21(26)25-24-20(17-7-2-1-3-8-17)15-23-29(27,28)19-11-10-16-6-4-5-9-18(16)14-19/h1-11,14,23H,12,15H2,(H,25,26). The van der Waals surface area contributed by atoms with E-state index in [-0.39, 0.29) is 17.9 Å². The lowest BCUT2D eigenvalue weighted by Crippen LogP contribution is -2.32. The average Bonchev–Trinajstić information content (AvgIpc) is 2.74. The molecule has 0 bridgehead atoms. The van der Waals surface area contributed by atoms with E-state index in [1.54, 1.807) is 48.5 Å². The number of fused-ring (bicyclic) bond motifs is 1. The summed E-state index contributed by atoms with van der Waals surface area (Å²) in [5, 5.41) is 14.3. The van der Waals surface area contributed by atoms with Crippen LogP contribution < -0.4 is 10.1 Å². The summed E-state index contributed by atoms with van der Waals surface area (Å²) in [7, 11) is -3.80. The Labute approximate surface area is 168 Å². The Kier molecular flexibility index (Phi) is 6.34. The molecule has 29 heavy (non-hydrogen) atoms. The van der Waals surface area contributed by atoms with Crippen LogP contribution in [-0.2, 0) is 14.8 Å². The quantitative estimate of drug-likeness (QED) is 0.464. The number of carbonyl (C=O) groups is 1. The molecule has 2 N–H and O–H groups in total. The topological polar surface area (TPSA) is 111 Å². The summed E-state index contributed by atoms with van der Waals surface area (Å²) in [6, 6.07) is 23.0. The molecule has 0 radical (unpaired) electrons. The van der Waals surface area contributed by atoms with Crippen molar-refractivity contribution in [2.45, 2.75) is 11.3 Å². The second-order valence-electron chi connectivity index (χ2n) is 6.13. The monoisotopic (exact) mass is 406 g/mol. The van der Waals surface area contributed by atoms with Crippen LogP contribution in [0.3, 0.4) is 0 Å². The predicted octanol–water partition coefficient (Wildman–Crippen LogP) is 2.55. The summed E-state index contributed by atoms with van der Waals surface area (Å²) in [4.78, 5) is 11.7. The first-order chi connectivity index (χ1) is 14.0. The fourth-order valence-electron chi connectivity index (χ4n) is 2.66. The molecule has 0 aliphatic heterocycles. The minimum Gasteiger partial charge on any atom is -0.272 e. The molecule has 8 heteroatoms. The Hall–Kier alpha value is -3.54. The zero-order valence-electron chi connectivity index (χ0n) is 15.4. The molecule has 0 saturated carbocycles. The van der Waals surface area contributed by atoms with Crippen LogP contribution in [0.25, 0.3) is 10.8 Å². The maximum absolute atomic E-state index is 12.8. The molecule has 3 aromatic carbocycles. The largest absolute Gasteiger partial charge is 0.272 e. The Morgan fingerprint density at radius 2 is 1.66 bits per heavy atom. The number of hydrazone groups is 1. The zero-order valence-corrected chi connectivity index (χ0v) is 16.2. The minimum absolute atomic E-state index is 0.133. The van der Waals surface area contributed by atoms with Gasteiger partial charge < -0.3 is 0 Å². The highest BCUT2D eigenvalue weighted by atomic mass is 32.2. The normalized spacial score (nSPS) is 11.8. The number of hydrogen-bond acceptors (Lipinski definition) is 5. The first-order valence-electron chi connectivity index (χ1n) is 8.76. The summed E-state index contributed by atoms with van der Waals surface area (Å²) < 4.78 is 28.0. The van der Waals surface area contributed by atoms with Crippen LogP contribution in [0.15, 0.2) is 82.8 Å². The van der Waals surface area contributed by atoms with Crippen molar-refractivity contribution in [3.05, 3.63) is 78.4 Å². The minimum atomic E-state index is -3.80. The SMILES string of the molecule is N#CCC(=O)NN=C(CNS(=O)(=O)c1ccc2ccccc2c1)c1ccccc1. The highest BCUT2D eigenvalue weighted by Crippen LogP contribution is 2.18. The number of rotatable bonds is 7. The number of nitrogens with one attached hydrogen (secondary N) is 2. The second kappa shape index (κ2) is 9.10. The first-order valence-corrected chi connectivity index (χ1v) is 10.2. The number of sulfonamides is 1. The van der Waals surface area contributed by atoms with E-state index in [1.165, 1.54) is 0 Å². The van der Waals surface area contributed by atoms with Crippen LogP contribution in [0.2, 0.25) is 0 Å². The third-order valence-electron chi connectivity index (χ3n) is 4.12. The molecule has 0 fully saturated rings. The molecule has 3 aromatic rings. The lowest BCUT2D eigenvalue weighted by Gasteiger charge is -2.10. The van der Waals surface area contributed by atoms with E-state index in [2.05, 4.69) is 15.2 Å². The molecule has 0 heterocycles. The van der Waals surface area contributed by atoms with Crippen LogP contribution in [0, 0.1) is 11.3 Å². The highest BCUT2D eigenvalue weighted by molar-refractivity contribution is 7.89. The maximum atomic E-state index is 12.8. The number of nitrogens with zero attached hydrogens (tertiary/aromatic N) is 2. The van der Waals surface area contributed by atoms with Crippen LogP contribution in [0.4, 0.5) is 0 Å². The highest BCUT2D eigenvalue weighted by Gasteiger charge is 2.16. The van der Waals surface area contributed by atoms with Crippen molar-refractivity contribution in [2.24, 2.45) is 5.10 Å². The summed E-state index contributed by atoms with van der Waals surface area (Å²) in [5.41, 5.74) is 3.24. The summed E-state index contributed by atoms with van der Waals surface area (Å²) in [6.45, 7) is -0.133. The van der Waals surface area contributed by atoms with Crippen LogP contribution >= 0.6 is 0 Å². The molecule has 0 aromatic heterocycles. The van der Waals surface area contributed by atoms with Gasteiger partial charge in [0, 0.05) is 0 Å². The van der Waals surface area contributed by atoms with Gasteiger partial charge in [0.2, 0.25) is 10.0 Å². The van der Waals surface area contributed by atoms with Gasteiger partial charge >= 0.3 is 0 Å². The number of carbonyl (C=O) groups excluding carboxylic acids is 1. The second-order valence-corrected chi connectivity index (χ2v) is 7.89. The van der Waals surface area contributed by atoms with Gasteiger partial charge in [0.05, 0.1) is 23.2 Å². The van der Waals surface area contributed by atoms with E-state index >= 15 is 0 Å². The van der Waals surface area contributed by atoms with E-state index < -0.39 is 15.9 Å². The Morgan fingerprint density at radius 1 is 0.966 bits per heavy atom.